The Morgan fingerprint density at radius 3 is 2.48 bits per heavy atom. The zero-order valence-electron chi connectivity index (χ0n) is 11.5. The van der Waals surface area contributed by atoms with Crippen molar-refractivity contribution >= 4 is 39.4 Å². The lowest BCUT2D eigenvalue weighted by molar-refractivity contribution is -0.114. The van der Waals surface area contributed by atoms with E-state index in [4.69, 9.17) is 0 Å². The Morgan fingerprint density at radius 1 is 1.10 bits per heavy atom. The van der Waals surface area contributed by atoms with Crippen molar-refractivity contribution in [2.75, 3.05) is 5.32 Å². The Kier molecular flexibility index (Phi) is 5.06. The van der Waals surface area contributed by atoms with E-state index < -0.39 is 0 Å². The molecule has 3 nitrogen and oxygen atoms in total. The number of ketones is 1. The fourth-order valence-corrected chi connectivity index (χ4v) is 2.06. The van der Waals surface area contributed by atoms with Crippen molar-refractivity contribution in [3.63, 3.8) is 0 Å². The van der Waals surface area contributed by atoms with Gasteiger partial charge in [0.1, 0.15) is 0 Å². The molecular formula is C17H14BrNO2. The summed E-state index contributed by atoms with van der Waals surface area (Å²) < 4.78 is 0.994. The van der Waals surface area contributed by atoms with Gasteiger partial charge < -0.3 is 5.32 Å². The molecule has 0 saturated heterocycles. The Balaban J connectivity index is 2.12. The molecule has 21 heavy (non-hydrogen) atoms. The second kappa shape index (κ2) is 6.99. The van der Waals surface area contributed by atoms with Crippen LogP contribution in [0.4, 0.5) is 5.69 Å². The van der Waals surface area contributed by atoms with Crippen LogP contribution in [0.2, 0.25) is 0 Å². The van der Waals surface area contributed by atoms with Crippen LogP contribution < -0.4 is 5.32 Å². The van der Waals surface area contributed by atoms with E-state index in [9.17, 15) is 9.59 Å². The molecule has 0 spiro atoms. The maximum atomic E-state index is 12.1. The van der Waals surface area contributed by atoms with Crippen LogP contribution in [0.25, 0.3) is 6.08 Å². The van der Waals surface area contributed by atoms with E-state index in [1.807, 2.05) is 24.3 Å². The molecule has 106 valence electrons. The summed E-state index contributed by atoms with van der Waals surface area (Å²) >= 11 is 3.36. The van der Waals surface area contributed by atoms with E-state index in [2.05, 4.69) is 21.2 Å². The van der Waals surface area contributed by atoms with Crippen molar-refractivity contribution in [2.24, 2.45) is 0 Å². The molecule has 0 aliphatic rings. The van der Waals surface area contributed by atoms with Crippen molar-refractivity contribution in [1.82, 2.24) is 0 Å². The van der Waals surface area contributed by atoms with Gasteiger partial charge in [0, 0.05) is 22.6 Å². The molecule has 2 aromatic carbocycles. The molecule has 0 aliphatic heterocycles. The zero-order valence-corrected chi connectivity index (χ0v) is 13.1. The van der Waals surface area contributed by atoms with Crippen LogP contribution in [-0.4, -0.2) is 11.7 Å². The predicted octanol–water partition coefficient (Wildman–Crippen LogP) is 4.30. The van der Waals surface area contributed by atoms with E-state index in [0.29, 0.717) is 11.3 Å². The Hall–Kier alpha value is -2.20. The lowest BCUT2D eigenvalue weighted by Crippen LogP contribution is -2.06. The molecule has 0 atom stereocenters. The maximum Gasteiger partial charge on any atom is 0.221 e. The number of hydrogen-bond acceptors (Lipinski definition) is 2. The van der Waals surface area contributed by atoms with Gasteiger partial charge in [-0.15, -0.1) is 0 Å². The molecule has 2 rings (SSSR count). The molecule has 4 heteroatoms. The monoisotopic (exact) mass is 343 g/mol. The SMILES string of the molecule is CC(=O)Nc1cccc(C(=O)C=Cc2ccc(Br)cc2)c1. The first-order valence-electron chi connectivity index (χ1n) is 6.40. The van der Waals surface area contributed by atoms with Gasteiger partial charge in [0.2, 0.25) is 5.91 Å². The number of halogens is 1. The minimum atomic E-state index is -0.162. The van der Waals surface area contributed by atoms with Gasteiger partial charge in [0.15, 0.2) is 5.78 Å². The van der Waals surface area contributed by atoms with Crippen LogP contribution in [0.1, 0.15) is 22.8 Å². The fraction of sp³-hybridized carbons (Fsp3) is 0.0588. The molecule has 0 aromatic heterocycles. The number of allylic oxidation sites excluding steroid dienone is 1. The van der Waals surface area contributed by atoms with E-state index in [1.165, 1.54) is 13.0 Å². The van der Waals surface area contributed by atoms with Crippen molar-refractivity contribution < 1.29 is 9.59 Å². The quantitative estimate of drug-likeness (QED) is 0.664. The number of hydrogen-bond donors (Lipinski definition) is 1. The van der Waals surface area contributed by atoms with Gasteiger partial charge in [-0.1, -0.05) is 46.3 Å². The molecule has 2 aromatic rings. The topological polar surface area (TPSA) is 46.2 Å². The van der Waals surface area contributed by atoms with Crippen molar-refractivity contribution in [1.29, 1.82) is 0 Å². The highest BCUT2D eigenvalue weighted by Gasteiger charge is 2.03. The summed E-state index contributed by atoms with van der Waals surface area (Å²) in [6, 6.07) is 14.5. The molecule has 0 fully saturated rings. The molecule has 1 amide bonds. The third kappa shape index (κ3) is 4.68. The third-order valence-electron chi connectivity index (χ3n) is 2.76. The van der Waals surface area contributed by atoms with Crippen LogP contribution in [-0.2, 0) is 4.79 Å². The second-order valence-corrected chi connectivity index (χ2v) is 5.43. The summed E-state index contributed by atoms with van der Waals surface area (Å²) in [5, 5.41) is 2.66. The number of amides is 1. The number of carbonyl (C=O) groups is 2. The summed E-state index contributed by atoms with van der Waals surface area (Å²) in [4.78, 5) is 23.1. The van der Waals surface area contributed by atoms with E-state index in [0.717, 1.165) is 10.0 Å². The first kappa shape index (κ1) is 15.2. The lowest BCUT2D eigenvalue weighted by Gasteiger charge is -2.03. The average molecular weight is 344 g/mol. The normalized spacial score (nSPS) is 10.6. The molecule has 1 N–H and O–H groups in total. The third-order valence-corrected chi connectivity index (χ3v) is 3.29. The van der Waals surface area contributed by atoms with Gasteiger partial charge in [-0.25, -0.2) is 0 Å². The number of rotatable bonds is 4. The molecule has 0 unspecified atom stereocenters. The molecule has 0 saturated carbocycles. The number of carbonyl (C=O) groups excluding carboxylic acids is 2. The zero-order chi connectivity index (χ0) is 15.2. The molecular weight excluding hydrogens is 330 g/mol. The van der Waals surface area contributed by atoms with Crippen molar-refractivity contribution in [2.45, 2.75) is 6.92 Å². The number of anilines is 1. The van der Waals surface area contributed by atoms with Crippen LogP contribution in [0, 0.1) is 0 Å². The van der Waals surface area contributed by atoms with Gasteiger partial charge in [0.25, 0.3) is 0 Å². The Morgan fingerprint density at radius 2 is 1.81 bits per heavy atom. The smallest absolute Gasteiger partial charge is 0.221 e. The van der Waals surface area contributed by atoms with Gasteiger partial charge in [-0.3, -0.25) is 9.59 Å². The minimum Gasteiger partial charge on any atom is -0.326 e. The van der Waals surface area contributed by atoms with Crippen molar-refractivity contribution in [3.8, 4) is 0 Å². The predicted molar refractivity (Wildman–Crippen MR) is 88.3 cm³/mol. The van der Waals surface area contributed by atoms with Gasteiger partial charge in [0.05, 0.1) is 0 Å². The van der Waals surface area contributed by atoms with Crippen LogP contribution in [0.15, 0.2) is 59.1 Å². The van der Waals surface area contributed by atoms with Gasteiger partial charge in [-0.05, 0) is 35.9 Å². The standard InChI is InChI=1S/C17H14BrNO2/c1-12(20)19-16-4-2-3-14(11-16)17(21)10-7-13-5-8-15(18)9-6-13/h2-11H,1H3,(H,19,20). The number of benzene rings is 2. The summed E-state index contributed by atoms with van der Waals surface area (Å²) in [6.07, 6.45) is 3.29. The van der Waals surface area contributed by atoms with Crippen LogP contribution in [0.3, 0.4) is 0 Å². The lowest BCUT2D eigenvalue weighted by atomic mass is 10.1. The van der Waals surface area contributed by atoms with Crippen molar-refractivity contribution in [3.05, 3.63) is 70.2 Å². The Labute approximate surface area is 131 Å². The summed E-state index contributed by atoms with van der Waals surface area (Å²) in [5.74, 6) is -0.268. The van der Waals surface area contributed by atoms with Gasteiger partial charge in [-0.2, -0.15) is 0 Å². The highest BCUT2D eigenvalue weighted by Crippen LogP contribution is 2.14. The molecule has 0 aliphatic carbocycles. The van der Waals surface area contributed by atoms with Crippen LogP contribution >= 0.6 is 15.9 Å². The molecule has 0 radical (unpaired) electrons. The fourth-order valence-electron chi connectivity index (χ4n) is 1.80. The van der Waals surface area contributed by atoms with Crippen LogP contribution in [0.5, 0.6) is 0 Å². The van der Waals surface area contributed by atoms with E-state index in [1.54, 1.807) is 30.3 Å². The summed E-state index contributed by atoms with van der Waals surface area (Å²) in [6.45, 7) is 1.43. The summed E-state index contributed by atoms with van der Waals surface area (Å²) in [5.41, 5.74) is 2.10. The Bertz CT molecular complexity index is 690. The van der Waals surface area contributed by atoms with E-state index >= 15 is 0 Å². The maximum absolute atomic E-state index is 12.1. The second-order valence-electron chi connectivity index (χ2n) is 4.51. The highest BCUT2D eigenvalue weighted by atomic mass is 79.9. The largest absolute Gasteiger partial charge is 0.326 e. The van der Waals surface area contributed by atoms with E-state index in [-0.39, 0.29) is 11.7 Å². The van der Waals surface area contributed by atoms with Gasteiger partial charge >= 0.3 is 0 Å². The highest BCUT2D eigenvalue weighted by molar-refractivity contribution is 9.10. The first-order chi connectivity index (χ1) is 10.0. The average Bonchev–Trinajstić information content (AvgIpc) is 2.46. The number of nitrogens with one attached hydrogen (secondary N) is 1. The first-order valence-corrected chi connectivity index (χ1v) is 7.19. The minimum absolute atomic E-state index is 0.106. The molecule has 0 bridgehead atoms. The summed E-state index contributed by atoms with van der Waals surface area (Å²) in [7, 11) is 0. The molecule has 0 heterocycles.